The minimum absolute atomic E-state index is 0.00526. The highest BCUT2D eigenvalue weighted by atomic mass is 16.5. The summed E-state index contributed by atoms with van der Waals surface area (Å²) in [5.74, 6) is 8.85. The Morgan fingerprint density at radius 2 is 2.13 bits per heavy atom. The summed E-state index contributed by atoms with van der Waals surface area (Å²) in [6.45, 7) is 2.62. The van der Waals surface area contributed by atoms with Gasteiger partial charge in [-0.3, -0.25) is 11.3 Å². The smallest absolute Gasteiger partial charge is 0.119 e. The highest BCUT2D eigenvalue weighted by Crippen LogP contribution is 2.19. The van der Waals surface area contributed by atoms with Crippen LogP contribution in [-0.2, 0) is 0 Å². The van der Waals surface area contributed by atoms with Crippen LogP contribution < -0.4 is 16.0 Å². The summed E-state index contributed by atoms with van der Waals surface area (Å²) >= 11 is 0. The standard InChI is InChI=1S/C12H16N2O/c1-3-5-12(14-13)10-6-8-11(9-7-10)15-4-2/h1,6-9,12,14H,4-5,13H2,2H3. The molecule has 0 bridgehead atoms. The summed E-state index contributed by atoms with van der Waals surface area (Å²) in [5.41, 5.74) is 3.76. The van der Waals surface area contributed by atoms with Crippen molar-refractivity contribution in [3.63, 3.8) is 0 Å². The predicted molar refractivity (Wildman–Crippen MR) is 61.1 cm³/mol. The molecule has 3 N–H and O–H groups in total. The quantitative estimate of drug-likeness (QED) is 0.435. The van der Waals surface area contributed by atoms with Gasteiger partial charge < -0.3 is 4.74 Å². The minimum atomic E-state index is 0.00526. The van der Waals surface area contributed by atoms with E-state index in [1.54, 1.807) is 0 Å². The van der Waals surface area contributed by atoms with E-state index in [0.29, 0.717) is 13.0 Å². The van der Waals surface area contributed by atoms with Crippen LogP contribution in [0.15, 0.2) is 24.3 Å². The summed E-state index contributed by atoms with van der Waals surface area (Å²) in [4.78, 5) is 0. The van der Waals surface area contributed by atoms with Crippen molar-refractivity contribution in [3.8, 4) is 18.1 Å². The Morgan fingerprint density at radius 1 is 1.47 bits per heavy atom. The first-order valence-corrected chi connectivity index (χ1v) is 4.94. The molecular formula is C12H16N2O. The van der Waals surface area contributed by atoms with Crippen LogP contribution in [0.5, 0.6) is 5.75 Å². The molecule has 1 aromatic carbocycles. The third kappa shape index (κ3) is 3.28. The van der Waals surface area contributed by atoms with Crippen molar-refractivity contribution in [3.05, 3.63) is 29.8 Å². The van der Waals surface area contributed by atoms with Gasteiger partial charge in [0.15, 0.2) is 0 Å². The molecule has 80 valence electrons. The third-order valence-electron chi connectivity index (χ3n) is 2.12. The van der Waals surface area contributed by atoms with Gasteiger partial charge in [0, 0.05) is 6.42 Å². The van der Waals surface area contributed by atoms with Crippen LogP contribution in [0.1, 0.15) is 24.9 Å². The molecule has 0 saturated carbocycles. The highest BCUT2D eigenvalue weighted by molar-refractivity contribution is 5.29. The van der Waals surface area contributed by atoms with Crippen molar-refractivity contribution in [1.82, 2.24) is 5.43 Å². The normalized spacial score (nSPS) is 11.8. The average Bonchev–Trinajstić information content (AvgIpc) is 2.28. The van der Waals surface area contributed by atoms with Crippen LogP contribution in [0.2, 0.25) is 0 Å². The van der Waals surface area contributed by atoms with Crippen molar-refractivity contribution in [1.29, 1.82) is 0 Å². The van der Waals surface area contributed by atoms with E-state index in [2.05, 4.69) is 11.3 Å². The molecule has 0 aliphatic heterocycles. The average molecular weight is 204 g/mol. The van der Waals surface area contributed by atoms with Gasteiger partial charge >= 0.3 is 0 Å². The number of nitrogens with two attached hydrogens (primary N) is 1. The molecule has 1 aromatic rings. The zero-order valence-corrected chi connectivity index (χ0v) is 8.86. The van der Waals surface area contributed by atoms with Gasteiger partial charge in [0.2, 0.25) is 0 Å². The van der Waals surface area contributed by atoms with E-state index in [1.165, 1.54) is 0 Å². The van der Waals surface area contributed by atoms with Crippen molar-refractivity contribution in [2.45, 2.75) is 19.4 Å². The Bertz CT molecular complexity index is 326. The largest absolute Gasteiger partial charge is 0.494 e. The van der Waals surface area contributed by atoms with Gasteiger partial charge in [0.05, 0.1) is 12.6 Å². The Balaban J connectivity index is 2.73. The number of terminal acetylenes is 1. The van der Waals surface area contributed by atoms with Gasteiger partial charge in [0.25, 0.3) is 0 Å². The number of hydrogen-bond acceptors (Lipinski definition) is 3. The summed E-state index contributed by atoms with van der Waals surface area (Å²) in [6.07, 6.45) is 5.82. The van der Waals surface area contributed by atoms with E-state index >= 15 is 0 Å². The van der Waals surface area contributed by atoms with Crippen LogP contribution in [-0.4, -0.2) is 6.61 Å². The maximum atomic E-state index is 5.41. The molecule has 0 aliphatic rings. The molecule has 0 amide bonds. The zero-order chi connectivity index (χ0) is 11.1. The molecule has 0 radical (unpaired) electrons. The zero-order valence-electron chi connectivity index (χ0n) is 8.86. The lowest BCUT2D eigenvalue weighted by Gasteiger charge is -2.13. The summed E-state index contributed by atoms with van der Waals surface area (Å²) < 4.78 is 5.34. The Labute approximate surface area is 90.6 Å². The first-order valence-electron chi connectivity index (χ1n) is 4.94. The number of ether oxygens (including phenoxy) is 1. The van der Waals surface area contributed by atoms with Crippen LogP contribution in [0.3, 0.4) is 0 Å². The Hall–Kier alpha value is -1.50. The number of benzene rings is 1. The Kier molecular flexibility index (Phi) is 4.69. The summed E-state index contributed by atoms with van der Waals surface area (Å²) in [5, 5.41) is 0. The monoisotopic (exact) mass is 204 g/mol. The maximum Gasteiger partial charge on any atom is 0.119 e. The van der Waals surface area contributed by atoms with Gasteiger partial charge in [-0.05, 0) is 24.6 Å². The van der Waals surface area contributed by atoms with E-state index in [1.807, 2.05) is 31.2 Å². The molecule has 0 spiro atoms. The SMILES string of the molecule is C#CCC(NN)c1ccc(OCC)cc1. The molecule has 1 unspecified atom stereocenters. The van der Waals surface area contributed by atoms with Gasteiger partial charge in [-0.15, -0.1) is 12.3 Å². The summed E-state index contributed by atoms with van der Waals surface area (Å²) in [7, 11) is 0. The van der Waals surface area contributed by atoms with E-state index in [4.69, 9.17) is 17.0 Å². The fraction of sp³-hybridized carbons (Fsp3) is 0.333. The molecular weight excluding hydrogens is 188 g/mol. The number of rotatable bonds is 5. The number of nitrogens with one attached hydrogen (secondary N) is 1. The van der Waals surface area contributed by atoms with Gasteiger partial charge in [0.1, 0.15) is 5.75 Å². The first-order chi connectivity index (χ1) is 7.31. The second-order valence-corrected chi connectivity index (χ2v) is 3.13. The second-order valence-electron chi connectivity index (χ2n) is 3.13. The number of hydrogen-bond donors (Lipinski definition) is 2. The van der Waals surface area contributed by atoms with Crippen LogP contribution in [0, 0.1) is 12.3 Å². The van der Waals surface area contributed by atoms with E-state index < -0.39 is 0 Å². The molecule has 0 heterocycles. The third-order valence-corrected chi connectivity index (χ3v) is 2.12. The van der Waals surface area contributed by atoms with Crippen molar-refractivity contribution >= 4 is 0 Å². The maximum absolute atomic E-state index is 5.41. The molecule has 1 rings (SSSR count). The predicted octanol–water partition coefficient (Wildman–Crippen LogP) is 1.61. The van der Waals surface area contributed by atoms with Crippen LogP contribution in [0.4, 0.5) is 0 Å². The first kappa shape index (κ1) is 11.6. The molecule has 3 nitrogen and oxygen atoms in total. The molecule has 1 atom stereocenters. The van der Waals surface area contributed by atoms with E-state index in [0.717, 1.165) is 11.3 Å². The van der Waals surface area contributed by atoms with Gasteiger partial charge in [-0.2, -0.15) is 0 Å². The molecule has 0 saturated heterocycles. The lowest BCUT2D eigenvalue weighted by molar-refractivity contribution is 0.340. The molecule has 3 heteroatoms. The fourth-order valence-electron chi connectivity index (χ4n) is 1.35. The van der Waals surface area contributed by atoms with Gasteiger partial charge in [-0.1, -0.05) is 12.1 Å². The topological polar surface area (TPSA) is 47.3 Å². The molecule has 0 aromatic heterocycles. The molecule has 15 heavy (non-hydrogen) atoms. The number of hydrazine groups is 1. The van der Waals surface area contributed by atoms with Crippen LogP contribution in [0.25, 0.3) is 0 Å². The van der Waals surface area contributed by atoms with Crippen LogP contribution >= 0.6 is 0 Å². The molecule has 0 aliphatic carbocycles. The summed E-state index contributed by atoms with van der Waals surface area (Å²) in [6, 6.07) is 7.77. The highest BCUT2D eigenvalue weighted by Gasteiger charge is 2.07. The lowest BCUT2D eigenvalue weighted by Crippen LogP contribution is -2.27. The Morgan fingerprint density at radius 3 is 2.60 bits per heavy atom. The van der Waals surface area contributed by atoms with Gasteiger partial charge in [-0.25, -0.2) is 0 Å². The van der Waals surface area contributed by atoms with E-state index in [-0.39, 0.29) is 6.04 Å². The van der Waals surface area contributed by atoms with E-state index in [9.17, 15) is 0 Å². The van der Waals surface area contributed by atoms with Crippen molar-refractivity contribution < 1.29 is 4.74 Å². The second kappa shape index (κ2) is 6.07. The van der Waals surface area contributed by atoms with Crippen molar-refractivity contribution in [2.75, 3.05) is 6.61 Å². The minimum Gasteiger partial charge on any atom is -0.494 e. The molecule has 0 fully saturated rings. The van der Waals surface area contributed by atoms with Crippen molar-refractivity contribution in [2.24, 2.45) is 5.84 Å². The lowest BCUT2D eigenvalue weighted by atomic mass is 10.0. The fourth-order valence-corrected chi connectivity index (χ4v) is 1.35.